The standard InChI is InChI=1S/C15H15F6NO3/c1-8(9-4-2-3-5-10(9)15(19,20)21)6-12(23)22-11(13(24)25)7-14(16,17)18/h2-5,8,11H,6-7H2,1H3,(H,22,23)(H,24,25). The summed E-state index contributed by atoms with van der Waals surface area (Å²) < 4.78 is 75.7. The molecule has 2 atom stereocenters. The monoisotopic (exact) mass is 371 g/mol. The molecule has 1 aromatic rings. The van der Waals surface area contributed by atoms with Gasteiger partial charge >= 0.3 is 18.3 Å². The number of carboxylic acid groups (broad SMARTS) is 1. The molecule has 0 aliphatic carbocycles. The molecule has 0 heterocycles. The van der Waals surface area contributed by atoms with Gasteiger partial charge in [0, 0.05) is 6.42 Å². The van der Waals surface area contributed by atoms with E-state index in [1.165, 1.54) is 19.1 Å². The Morgan fingerprint density at radius 1 is 1.12 bits per heavy atom. The number of carboxylic acids is 1. The highest BCUT2D eigenvalue weighted by atomic mass is 19.4. The summed E-state index contributed by atoms with van der Waals surface area (Å²) in [6.45, 7) is 1.30. The Morgan fingerprint density at radius 3 is 2.16 bits per heavy atom. The zero-order chi connectivity index (χ0) is 19.4. The maximum absolute atomic E-state index is 12.9. The molecule has 2 N–H and O–H groups in total. The Hall–Kier alpha value is -2.26. The lowest BCUT2D eigenvalue weighted by Gasteiger charge is -2.20. The van der Waals surface area contributed by atoms with Crippen molar-refractivity contribution in [2.75, 3.05) is 0 Å². The van der Waals surface area contributed by atoms with Gasteiger partial charge in [0.1, 0.15) is 6.04 Å². The minimum Gasteiger partial charge on any atom is -0.480 e. The van der Waals surface area contributed by atoms with Gasteiger partial charge in [-0.05, 0) is 17.5 Å². The second kappa shape index (κ2) is 7.75. The first-order valence-electron chi connectivity index (χ1n) is 7.06. The van der Waals surface area contributed by atoms with Crippen LogP contribution in [0.4, 0.5) is 26.3 Å². The van der Waals surface area contributed by atoms with Gasteiger partial charge in [0.05, 0.1) is 12.0 Å². The summed E-state index contributed by atoms with van der Waals surface area (Å²) in [5.74, 6) is -3.94. The van der Waals surface area contributed by atoms with Gasteiger partial charge in [-0.2, -0.15) is 26.3 Å². The third-order valence-corrected chi connectivity index (χ3v) is 3.36. The molecule has 10 heteroatoms. The van der Waals surface area contributed by atoms with Gasteiger partial charge in [-0.15, -0.1) is 0 Å². The van der Waals surface area contributed by atoms with Crippen molar-refractivity contribution in [2.45, 2.75) is 44.1 Å². The summed E-state index contributed by atoms with van der Waals surface area (Å²) in [4.78, 5) is 22.6. The SMILES string of the molecule is CC(CC(=O)NC(CC(F)(F)F)C(=O)O)c1ccccc1C(F)(F)F. The van der Waals surface area contributed by atoms with Crippen LogP contribution in [-0.4, -0.2) is 29.2 Å². The normalized spacial score (nSPS) is 14.7. The summed E-state index contributed by atoms with van der Waals surface area (Å²) >= 11 is 0. The molecule has 0 aliphatic rings. The maximum Gasteiger partial charge on any atom is 0.416 e. The number of hydrogen-bond acceptors (Lipinski definition) is 2. The number of aliphatic carboxylic acids is 1. The van der Waals surface area contributed by atoms with Crippen molar-refractivity contribution < 1.29 is 41.0 Å². The Morgan fingerprint density at radius 2 is 1.68 bits per heavy atom. The highest BCUT2D eigenvalue weighted by molar-refractivity contribution is 5.84. The van der Waals surface area contributed by atoms with E-state index >= 15 is 0 Å². The minimum atomic E-state index is -4.81. The summed E-state index contributed by atoms with van der Waals surface area (Å²) in [6.07, 6.45) is -11.8. The predicted molar refractivity (Wildman–Crippen MR) is 74.7 cm³/mol. The number of benzene rings is 1. The fraction of sp³-hybridized carbons (Fsp3) is 0.467. The van der Waals surface area contributed by atoms with Crippen LogP contribution in [0.5, 0.6) is 0 Å². The van der Waals surface area contributed by atoms with Crippen LogP contribution in [0.3, 0.4) is 0 Å². The van der Waals surface area contributed by atoms with E-state index in [9.17, 15) is 35.9 Å². The van der Waals surface area contributed by atoms with E-state index in [1.54, 1.807) is 5.32 Å². The summed E-state index contributed by atoms with van der Waals surface area (Å²) in [7, 11) is 0. The molecule has 2 unspecified atom stereocenters. The molecule has 4 nitrogen and oxygen atoms in total. The Labute approximate surface area is 138 Å². The van der Waals surface area contributed by atoms with E-state index in [0.717, 1.165) is 12.1 Å². The molecule has 0 spiro atoms. The molecule has 25 heavy (non-hydrogen) atoms. The number of hydrogen-bond donors (Lipinski definition) is 2. The maximum atomic E-state index is 12.9. The van der Waals surface area contributed by atoms with Crippen LogP contribution in [-0.2, 0) is 15.8 Å². The van der Waals surface area contributed by atoms with Gasteiger partial charge in [-0.1, -0.05) is 25.1 Å². The molecule has 1 amide bonds. The smallest absolute Gasteiger partial charge is 0.416 e. The summed E-state index contributed by atoms with van der Waals surface area (Å²) in [5.41, 5.74) is -1.16. The van der Waals surface area contributed by atoms with Crippen molar-refractivity contribution in [2.24, 2.45) is 0 Å². The molecule has 1 rings (SSSR count). The van der Waals surface area contributed by atoms with Crippen LogP contribution >= 0.6 is 0 Å². The number of nitrogens with one attached hydrogen (secondary N) is 1. The van der Waals surface area contributed by atoms with E-state index < -0.39 is 54.6 Å². The topological polar surface area (TPSA) is 66.4 Å². The molecule has 1 aromatic carbocycles. The third-order valence-electron chi connectivity index (χ3n) is 3.36. The number of amides is 1. The molecular weight excluding hydrogens is 356 g/mol. The van der Waals surface area contributed by atoms with Crippen LogP contribution in [0.15, 0.2) is 24.3 Å². The highest BCUT2D eigenvalue weighted by Gasteiger charge is 2.37. The van der Waals surface area contributed by atoms with Crippen molar-refractivity contribution in [3.8, 4) is 0 Å². The molecule has 0 aliphatic heterocycles. The average Bonchev–Trinajstić information content (AvgIpc) is 2.44. The number of rotatable bonds is 6. The first-order chi connectivity index (χ1) is 11.3. The van der Waals surface area contributed by atoms with Crippen molar-refractivity contribution in [3.63, 3.8) is 0 Å². The predicted octanol–water partition coefficient (Wildman–Crippen LogP) is 3.72. The fourth-order valence-electron chi connectivity index (χ4n) is 2.26. The van der Waals surface area contributed by atoms with Crippen molar-refractivity contribution in [1.82, 2.24) is 5.32 Å². The average molecular weight is 371 g/mol. The molecular formula is C15H15F6NO3. The Balaban J connectivity index is 2.85. The van der Waals surface area contributed by atoms with Crippen LogP contribution < -0.4 is 5.32 Å². The molecule has 0 bridgehead atoms. The molecule has 0 radical (unpaired) electrons. The third kappa shape index (κ3) is 6.63. The molecule has 0 saturated carbocycles. The number of carbonyl (C=O) groups excluding carboxylic acids is 1. The second-order valence-electron chi connectivity index (χ2n) is 5.47. The van der Waals surface area contributed by atoms with E-state index in [2.05, 4.69) is 0 Å². The van der Waals surface area contributed by atoms with Gasteiger partial charge in [0.15, 0.2) is 0 Å². The minimum absolute atomic E-state index is 0.201. The fourth-order valence-corrected chi connectivity index (χ4v) is 2.26. The molecule has 0 saturated heterocycles. The molecule has 140 valence electrons. The largest absolute Gasteiger partial charge is 0.480 e. The quantitative estimate of drug-likeness (QED) is 0.749. The van der Waals surface area contributed by atoms with E-state index in [4.69, 9.17) is 5.11 Å². The summed E-state index contributed by atoms with van der Waals surface area (Å²) in [6, 6.07) is 2.29. The van der Waals surface area contributed by atoms with Crippen LogP contribution in [0.2, 0.25) is 0 Å². The lowest BCUT2D eigenvalue weighted by atomic mass is 9.92. The van der Waals surface area contributed by atoms with Gasteiger partial charge in [-0.3, -0.25) is 4.79 Å². The molecule has 0 fully saturated rings. The Bertz CT molecular complexity index is 626. The van der Waals surface area contributed by atoms with Gasteiger partial charge in [-0.25, -0.2) is 4.79 Å². The van der Waals surface area contributed by atoms with Gasteiger partial charge < -0.3 is 10.4 Å². The Kier molecular flexibility index (Phi) is 6.44. The first-order valence-corrected chi connectivity index (χ1v) is 7.06. The van der Waals surface area contributed by atoms with E-state index in [0.29, 0.717) is 0 Å². The number of alkyl halides is 6. The van der Waals surface area contributed by atoms with Crippen LogP contribution in [0, 0.1) is 0 Å². The number of carbonyl (C=O) groups is 2. The van der Waals surface area contributed by atoms with Crippen molar-refractivity contribution in [1.29, 1.82) is 0 Å². The zero-order valence-corrected chi connectivity index (χ0v) is 12.9. The van der Waals surface area contributed by atoms with E-state index in [1.807, 2.05) is 0 Å². The second-order valence-corrected chi connectivity index (χ2v) is 5.47. The zero-order valence-electron chi connectivity index (χ0n) is 12.9. The molecule has 0 aromatic heterocycles. The lowest BCUT2D eigenvalue weighted by molar-refractivity contribution is -0.160. The summed E-state index contributed by atoms with van der Waals surface area (Å²) in [5, 5.41) is 10.4. The van der Waals surface area contributed by atoms with Crippen molar-refractivity contribution >= 4 is 11.9 Å². The van der Waals surface area contributed by atoms with Crippen LogP contribution in [0.25, 0.3) is 0 Å². The highest BCUT2D eigenvalue weighted by Crippen LogP contribution is 2.36. The first kappa shape index (κ1) is 20.8. The van der Waals surface area contributed by atoms with Crippen LogP contribution in [0.1, 0.15) is 36.8 Å². The van der Waals surface area contributed by atoms with Gasteiger partial charge in [0.25, 0.3) is 0 Å². The lowest BCUT2D eigenvalue weighted by Crippen LogP contribution is -2.43. The van der Waals surface area contributed by atoms with E-state index in [-0.39, 0.29) is 5.56 Å². The van der Waals surface area contributed by atoms with Gasteiger partial charge in [0.2, 0.25) is 5.91 Å². The van der Waals surface area contributed by atoms with Crippen molar-refractivity contribution in [3.05, 3.63) is 35.4 Å². The number of halogens is 6.